The summed E-state index contributed by atoms with van der Waals surface area (Å²) in [7, 11) is 3.79. The van der Waals surface area contributed by atoms with Crippen LogP contribution in [0.2, 0.25) is 0 Å². The highest BCUT2D eigenvalue weighted by Crippen LogP contribution is 2.64. The van der Waals surface area contributed by atoms with Gasteiger partial charge in [0.15, 0.2) is 0 Å². The number of hydrogen-bond acceptors (Lipinski definition) is 12. The molecule has 31 heavy (non-hydrogen) atoms. The molecule has 0 saturated heterocycles. The number of hydrogen-bond donors (Lipinski definition) is 2. The van der Waals surface area contributed by atoms with E-state index in [1.165, 1.54) is 6.92 Å². The van der Waals surface area contributed by atoms with E-state index in [1.807, 2.05) is 0 Å². The SMILES string of the molecule is CCOC(=O)[C@]12C(C(=O)OC)=C(O)C(C(=O)OC)[C@H]1C(C(=O)OC)=C(O)C2C(=O)OC. The van der Waals surface area contributed by atoms with Gasteiger partial charge in [0.2, 0.25) is 0 Å². The van der Waals surface area contributed by atoms with Crippen LogP contribution in [0.15, 0.2) is 22.7 Å². The van der Waals surface area contributed by atoms with Gasteiger partial charge in [0.05, 0.1) is 46.2 Å². The maximum atomic E-state index is 13.3. The molecule has 2 aliphatic carbocycles. The van der Waals surface area contributed by atoms with Gasteiger partial charge in [-0.25, -0.2) is 9.59 Å². The molecule has 0 radical (unpaired) electrons. The van der Waals surface area contributed by atoms with Crippen LogP contribution < -0.4 is 0 Å². The monoisotopic (exact) mass is 442 g/mol. The third kappa shape index (κ3) is 3.09. The fourth-order valence-corrected chi connectivity index (χ4v) is 4.30. The summed E-state index contributed by atoms with van der Waals surface area (Å²) in [5.41, 5.74) is -4.09. The van der Waals surface area contributed by atoms with Crippen molar-refractivity contribution in [2.75, 3.05) is 35.0 Å². The zero-order valence-corrected chi connectivity index (χ0v) is 17.4. The van der Waals surface area contributed by atoms with Gasteiger partial charge >= 0.3 is 29.8 Å². The van der Waals surface area contributed by atoms with Gasteiger partial charge in [-0.1, -0.05) is 0 Å². The summed E-state index contributed by atoms with van der Waals surface area (Å²) in [6, 6.07) is 0. The van der Waals surface area contributed by atoms with Gasteiger partial charge in [-0.15, -0.1) is 0 Å². The number of fused-ring (bicyclic) bond motifs is 1. The van der Waals surface area contributed by atoms with Crippen LogP contribution in [0.25, 0.3) is 0 Å². The first-order valence-electron chi connectivity index (χ1n) is 8.97. The molecule has 2 aliphatic rings. The number of methoxy groups -OCH3 is 4. The Morgan fingerprint density at radius 3 is 1.84 bits per heavy atom. The van der Waals surface area contributed by atoms with E-state index in [0.29, 0.717) is 0 Å². The van der Waals surface area contributed by atoms with Gasteiger partial charge in [0.1, 0.15) is 28.8 Å². The Morgan fingerprint density at radius 2 is 1.39 bits per heavy atom. The lowest BCUT2D eigenvalue weighted by atomic mass is 9.66. The van der Waals surface area contributed by atoms with E-state index in [9.17, 15) is 34.2 Å². The van der Waals surface area contributed by atoms with Crippen molar-refractivity contribution in [3.63, 3.8) is 0 Å². The molecule has 0 heterocycles. The Labute approximate surface area is 176 Å². The Kier molecular flexibility index (Phi) is 6.62. The molecule has 0 bridgehead atoms. The van der Waals surface area contributed by atoms with Crippen molar-refractivity contribution in [1.29, 1.82) is 0 Å². The minimum atomic E-state index is -2.56. The van der Waals surface area contributed by atoms with Gasteiger partial charge in [0, 0.05) is 5.92 Å². The smallest absolute Gasteiger partial charge is 0.338 e. The van der Waals surface area contributed by atoms with Crippen molar-refractivity contribution in [2.24, 2.45) is 23.2 Å². The second-order valence-electron chi connectivity index (χ2n) is 6.57. The van der Waals surface area contributed by atoms with Crippen LogP contribution in [-0.4, -0.2) is 75.1 Å². The summed E-state index contributed by atoms with van der Waals surface area (Å²) >= 11 is 0. The molecule has 12 heteroatoms. The van der Waals surface area contributed by atoms with E-state index in [1.54, 1.807) is 0 Å². The fraction of sp³-hybridized carbons (Fsp3) is 0.526. The summed E-state index contributed by atoms with van der Waals surface area (Å²) < 4.78 is 23.7. The molecule has 0 amide bonds. The van der Waals surface area contributed by atoms with E-state index in [-0.39, 0.29) is 6.61 Å². The number of aliphatic hydroxyl groups excluding tert-OH is 2. The second-order valence-corrected chi connectivity index (χ2v) is 6.57. The first-order chi connectivity index (χ1) is 14.6. The summed E-state index contributed by atoms with van der Waals surface area (Å²) in [6.45, 7) is 1.18. The first kappa shape index (κ1) is 23.7. The predicted octanol–water partition coefficient (Wildman–Crippen LogP) is -0.272. The van der Waals surface area contributed by atoms with Gasteiger partial charge in [-0.2, -0.15) is 0 Å². The van der Waals surface area contributed by atoms with Crippen LogP contribution >= 0.6 is 0 Å². The Balaban J connectivity index is 3.05. The number of carbonyl (C=O) groups excluding carboxylic acids is 5. The molecule has 2 N–H and O–H groups in total. The molecule has 0 saturated carbocycles. The quantitative estimate of drug-likeness (QED) is 0.408. The lowest BCUT2D eigenvalue weighted by molar-refractivity contribution is -0.169. The average Bonchev–Trinajstić information content (AvgIpc) is 3.16. The summed E-state index contributed by atoms with van der Waals surface area (Å²) in [5.74, 6) is -13.8. The molecule has 0 aliphatic heterocycles. The van der Waals surface area contributed by atoms with E-state index in [0.717, 1.165) is 28.4 Å². The van der Waals surface area contributed by atoms with Crippen LogP contribution in [0.1, 0.15) is 6.92 Å². The summed E-state index contributed by atoms with van der Waals surface area (Å²) in [6.07, 6.45) is 0. The predicted molar refractivity (Wildman–Crippen MR) is 96.9 cm³/mol. The Bertz CT molecular complexity index is 898. The highest BCUT2D eigenvalue weighted by molar-refractivity contribution is 6.09. The van der Waals surface area contributed by atoms with E-state index in [2.05, 4.69) is 18.9 Å². The third-order valence-electron chi connectivity index (χ3n) is 5.40. The minimum absolute atomic E-state index is 0.242. The van der Waals surface area contributed by atoms with Crippen LogP contribution in [0.4, 0.5) is 0 Å². The highest BCUT2D eigenvalue weighted by Gasteiger charge is 2.76. The molecule has 2 unspecified atom stereocenters. The van der Waals surface area contributed by atoms with Crippen molar-refractivity contribution >= 4 is 29.8 Å². The van der Waals surface area contributed by atoms with Gasteiger partial charge < -0.3 is 33.9 Å². The number of aliphatic hydroxyl groups is 2. The normalized spacial score (nSPS) is 26.8. The molecular formula is C19H22O12. The number of carbonyl (C=O) groups is 5. The van der Waals surface area contributed by atoms with Crippen LogP contribution in [0.3, 0.4) is 0 Å². The molecular weight excluding hydrogens is 420 g/mol. The van der Waals surface area contributed by atoms with Crippen molar-refractivity contribution in [1.82, 2.24) is 0 Å². The van der Waals surface area contributed by atoms with Crippen molar-refractivity contribution in [3.05, 3.63) is 22.7 Å². The zero-order valence-electron chi connectivity index (χ0n) is 17.4. The molecule has 0 aromatic carbocycles. The molecule has 170 valence electrons. The lowest BCUT2D eigenvalue weighted by Crippen LogP contribution is -2.49. The second kappa shape index (κ2) is 8.66. The third-order valence-corrected chi connectivity index (χ3v) is 5.40. The average molecular weight is 442 g/mol. The number of ether oxygens (including phenoxy) is 5. The van der Waals surface area contributed by atoms with Crippen molar-refractivity contribution < 1.29 is 57.9 Å². The van der Waals surface area contributed by atoms with E-state index < -0.39 is 75.7 Å². The molecule has 0 spiro atoms. The Hall–Kier alpha value is -3.57. The Morgan fingerprint density at radius 1 is 0.839 bits per heavy atom. The van der Waals surface area contributed by atoms with Crippen molar-refractivity contribution in [2.45, 2.75) is 6.92 Å². The van der Waals surface area contributed by atoms with Gasteiger partial charge in [-0.3, -0.25) is 14.4 Å². The largest absolute Gasteiger partial charge is 0.511 e. The maximum absolute atomic E-state index is 13.3. The standard InChI is InChI=1S/C19H22O12/c1-6-31-18(26)19-9(7(14(22)27-2)12(20)10(19)16(24)29-4)8(15(23)28-3)13(21)11(19)17(25)30-5/h7,9,11,20-21H,6H2,1-5H3/t7?,9-,11?,19-/m0/s1. The molecule has 4 atom stereocenters. The number of rotatable bonds is 6. The molecule has 0 aromatic heterocycles. The van der Waals surface area contributed by atoms with E-state index >= 15 is 0 Å². The number of esters is 5. The van der Waals surface area contributed by atoms with E-state index in [4.69, 9.17) is 4.74 Å². The van der Waals surface area contributed by atoms with Crippen LogP contribution in [-0.2, 0) is 47.7 Å². The molecule has 0 fully saturated rings. The molecule has 2 rings (SSSR count). The maximum Gasteiger partial charge on any atom is 0.338 e. The highest BCUT2D eigenvalue weighted by atomic mass is 16.5. The van der Waals surface area contributed by atoms with Gasteiger partial charge in [0.25, 0.3) is 0 Å². The topological polar surface area (TPSA) is 172 Å². The van der Waals surface area contributed by atoms with Crippen LogP contribution in [0, 0.1) is 23.2 Å². The minimum Gasteiger partial charge on any atom is -0.511 e. The van der Waals surface area contributed by atoms with Crippen LogP contribution in [0.5, 0.6) is 0 Å². The summed E-state index contributed by atoms with van der Waals surface area (Å²) in [4.78, 5) is 63.8. The summed E-state index contributed by atoms with van der Waals surface area (Å²) in [5, 5.41) is 21.7. The molecule has 12 nitrogen and oxygen atoms in total. The zero-order chi connectivity index (χ0) is 23.7. The van der Waals surface area contributed by atoms with Crippen molar-refractivity contribution in [3.8, 4) is 0 Å². The van der Waals surface area contributed by atoms with Gasteiger partial charge in [-0.05, 0) is 6.92 Å². The first-order valence-corrected chi connectivity index (χ1v) is 8.97. The lowest BCUT2D eigenvalue weighted by Gasteiger charge is -2.34. The molecule has 0 aromatic rings. The fourth-order valence-electron chi connectivity index (χ4n) is 4.30.